The largest absolute Gasteiger partial charge is 0.489 e. The Labute approximate surface area is 144 Å². The van der Waals surface area contributed by atoms with Gasteiger partial charge in [-0.15, -0.1) is 0 Å². The minimum atomic E-state index is -0.234. The number of halogens is 1. The summed E-state index contributed by atoms with van der Waals surface area (Å²) in [6.45, 7) is 0.444. The second-order valence-corrected chi connectivity index (χ2v) is 5.80. The van der Waals surface area contributed by atoms with Gasteiger partial charge in [0.15, 0.2) is 5.11 Å². The number of benzene rings is 2. The first kappa shape index (κ1) is 15.5. The van der Waals surface area contributed by atoms with Crippen molar-refractivity contribution in [3.8, 4) is 5.75 Å². The Morgan fingerprint density at radius 1 is 1.13 bits per heavy atom. The summed E-state index contributed by atoms with van der Waals surface area (Å²) in [6.07, 6.45) is 1.73. The van der Waals surface area contributed by atoms with Crippen LogP contribution >= 0.6 is 23.8 Å². The molecule has 1 amide bonds. The smallest absolute Gasteiger partial charge is 0.273 e. The number of hydrogen-bond donors (Lipinski definition) is 2. The highest BCUT2D eigenvalue weighted by Crippen LogP contribution is 2.18. The van der Waals surface area contributed by atoms with Crippen LogP contribution in [-0.4, -0.2) is 11.0 Å². The van der Waals surface area contributed by atoms with Crippen LogP contribution in [0.25, 0.3) is 6.08 Å². The number of amides is 1. The van der Waals surface area contributed by atoms with Gasteiger partial charge in [0.2, 0.25) is 0 Å². The van der Waals surface area contributed by atoms with Gasteiger partial charge in [0.25, 0.3) is 5.91 Å². The van der Waals surface area contributed by atoms with Gasteiger partial charge in [0, 0.05) is 5.02 Å². The van der Waals surface area contributed by atoms with Gasteiger partial charge < -0.3 is 10.1 Å². The molecular weight excluding hydrogens is 332 g/mol. The monoisotopic (exact) mass is 344 g/mol. The third-order valence-corrected chi connectivity index (χ3v) is 3.66. The fourth-order valence-corrected chi connectivity index (χ4v) is 2.42. The molecule has 0 aromatic heterocycles. The molecule has 4 nitrogen and oxygen atoms in total. The van der Waals surface area contributed by atoms with E-state index in [0.29, 0.717) is 22.4 Å². The Balaban J connectivity index is 1.70. The molecule has 3 rings (SSSR count). The SMILES string of the molecule is O=C1NC(=S)N/C1=C/c1cccc(OCc2ccc(Cl)cc2)c1. The molecule has 23 heavy (non-hydrogen) atoms. The average Bonchev–Trinajstić information content (AvgIpc) is 2.85. The molecule has 2 aromatic carbocycles. The molecule has 1 fully saturated rings. The van der Waals surface area contributed by atoms with E-state index in [0.717, 1.165) is 16.9 Å². The Hall–Kier alpha value is -2.37. The van der Waals surface area contributed by atoms with Crippen LogP contribution in [0.4, 0.5) is 0 Å². The average molecular weight is 345 g/mol. The number of ether oxygens (including phenoxy) is 1. The van der Waals surface area contributed by atoms with E-state index in [4.69, 9.17) is 28.6 Å². The standard InChI is InChI=1S/C17H13ClN2O2S/c18-13-6-4-11(5-7-13)10-22-14-3-1-2-12(8-14)9-15-16(21)20-17(23)19-15/h1-9H,10H2,(H2,19,20,21,23)/b15-9+. The van der Waals surface area contributed by atoms with Gasteiger partial charge >= 0.3 is 0 Å². The molecule has 1 heterocycles. The minimum absolute atomic E-state index is 0.234. The first-order valence-corrected chi connectivity index (χ1v) is 7.70. The van der Waals surface area contributed by atoms with Crippen molar-refractivity contribution < 1.29 is 9.53 Å². The summed E-state index contributed by atoms with van der Waals surface area (Å²) >= 11 is 10.8. The van der Waals surface area contributed by atoms with E-state index < -0.39 is 0 Å². The molecule has 1 saturated heterocycles. The number of nitrogens with one attached hydrogen (secondary N) is 2. The lowest BCUT2D eigenvalue weighted by Gasteiger charge is -2.07. The molecule has 0 bridgehead atoms. The maximum atomic E-state index is 11.6. The number of hydrogen-bond acceptors (Lipinski definition) is 3. The van der Waals surface area contributed by atoms with Gasteiger partial charge in [-0.3, -0.25) is 10.1 Å². The van der Waals surface area contributed by atoms with Gasteiger partial charge in [0.05, 0.1) is 0 Å². The van der Waals surface area contributed by atoms with Crippen LogP contribution in [0.5, 0.6) is 5.75 Å². The number of carbonyl (C=O) groups excluding carboxylic acids is 1. The molecule has 2 N–H and O–H groups in total. The van der Waals surface area contributed by atoms with Crippen LogP contribution in [0.3, 0.4) is 0 Å². The molecule has 0 spiro atoms. The van der Waals surface area contributed by atoms with Crippen molar-refractivity contribution in [3.63, 3.8) is 0 Å². The van der Waals surface area contributed by atoms with Crippen LogP contribution in [0.2, 0.25) is 5.02 Å². The topological polar surface area (TPSA) is 50.4 Å². The highest BCUT2D eigenvalue weighted by molar-refractivity contribution is 7.80. The van der Waals surface area contributed by atoms with E-state index in [9.17, 15) is 4.79 Å². The molecule has 1 aliphatic rings. The van der Waals surface area contributed by atoms with E-state index in [1.807, 2.05) is 48.5 Å². The van der Waals surface area contributed by atoms with Crippen LogP contribution in [-0.2, 0) is 11.4 Å². The van der Waals surface area contributed by atoms with Crippen molar-refractivity contribution in [2.45, 2.75) is 6.61 Å². The fraction of sp³-hybridized carbons (Fsp3) is 0.0588. The van der Waals surface area contributed by atoms with Crippen molar-refractivity contribution >= 4 is 40.9 Å². The van der Waals surface area contributed by atoms with E-state index >= 15 is 0 Å². The Bertz CT molecular complexity index is 787. The molecule has 0 aliphatic carbocycles. The maximum Gasteiger partial charge on any atom is 0.273 e. The number of rotatable bonds is 4. The Morgan fingerprint density at radius 2 is 1.91 bits per heavy atom. The minimum Gasteiger partial charge on any atom is -0.489 e. The zero-order chi connectivity index (χ0) is 16.2. The van der Waals surface area contributed by atoms with Gasteiger partial charge in [0.1, 0.15) is 18.1 Å². The summed E-state index contributed by atoms with van der Waals surface area (Å²) in [6, 6.07) is 15.0. The lowest BCUT2D eigenvalue weighted by Crippen LogP contribution is -2.21. The first-order valence-electron chi connectivity index (χ1n) is 6.91. The molecule has 2 aromatic rings. The third kappa shape index (κ3) is 4.09. The van der Waals surface area contributed by atoms with Gasteiger partial charge in [-0.05, 0) is 53.7 Å². The number of thiocarbonyl (C=S) groups is 1. The van der Waals surface area contributed by atoms with E-state index in [1.165, 1.54) is 0 Å². The van der Waals surface area contributed by atoms with Crippen LogP contribution in [0.15, 0.2) is 54.2 Å². The molecule has 116 valence electrons. The van der Waals surface area contributed by atoms with Crippen LogP contribution in [0, 0.1) is 0 Å². The van der Waals surface area contributed by atoms with Gasteiger partial charge in [-0.1, -0.05) is 35.9 Å². The summed E-state index contributed by atoms with van der Waals surface area (Å²) in [5.41, 5.74) is 2.30. The maximum absolute atomic E-state index is 11.6. The number of carbonyl (C=O) groups is 1. The summed E-state index contributed by atoms with van der Waals surface area (Å²) in [4.78, 5) is 11.6. The van der Waals surface area contributed by atoms with Gasteiger partial charge in [-0.2, -0.15) is 0 Å². The van der Waals surface area contributed by atoms with Crippen LogP contribution in [0.1, 0.15) is 11.1 Å². The van der Waals surface area contributed by atoms with Crippen molar-refractivity contribution in [1.82, 2.24) is 10.6 Å². The van der Waals surface area contributed by atoms with Crippen molar-refractivity contribution in [1.29, 1.82) is 0 Å². The lowest BCUT2D eigenvalue weighted by atomic mass is 10.2. The predicted molar refractivity (Wildman–Crippen MR) is 94.1 cm³/mol. The van der Waals surface area contributed by atoms with Gasteiger partial charge in [-0.25, -0.2) is 0 Å². The summed E-state index contributed by atoms with van der Waals surface area (Å²) in [5, 5.41) is 6.35. The second kappa shape index (κ2) is 6.81. The lowest BCUT2D eigenvalue weighted by molar-refractivity contribution is -0.115. The summed E-state index contributed by atoms with van der Waals surface area (Å²) < 4.78 is 5.77. The van der Waals surface area contributed by atoms with Crippen LogP contribution < -0.4 is 15.4 Å². The Morgan fingerprint density at radius 3 is 2.61 bits per heavy atom. The first-order chi connectivity index (χ1) is 11.1. The zero-order valence-corrected chi connectivity index (χ0v) is 13.6. The quantitative estimate of drug-likeness (QED) is 0.660. The molecule has 0 radical (unpaired) electrons. The third-order valence-electron chi connectivity index (χ3n) is 3.21. The summed E-state index contributed by atoms with van der Waals surface area (Å²) in [5.74, 6) is 0.484. The molecule has 6 heteroatoms. The molecule has 0 unspecified atom stereocenters. The molecule has 1 aliphatic heterocycles. The zero-order valence-electron chi connectivity index (χ0n) is 12.0. The second-order valence-electron chi connectivity index (χ2n) is 4.95. The normalized spacial score (nSPS) is 15.4. The fourth-order valence-electron chi connectivity index (χ4n) is 2.09. The van der Waals surface area contributed by atoms with E-state index in [-0.39, 0.29) is 5.91 Å². The highest BCUT2D eigenvalue weighted by atomic mass is 35.5. The van der Waals surface area contributed by atoms with Crippen molar-refractivity contribution in [2.75, 3.05) is 0 Å². The predicted octanol–water partition coefficient (Wildman–Crippen LogP) is 3.26. The molecular formula is C17H13ClN2O2S. The van der Waals surface area contributed by atoms with Crippen molar-refractivity contribution in [3.05, 3.63) is 70.4 Å². The van der Waals surface area contributed by atoms with E-state index in [2.05, 4.69) is 10.6 Å². The molecule has 0 atom stereocenters. The Kier molecular flexibility index (Phi) is 4.60. The molecule has 0 saturated carbocycles. The van der Waals surface area contributed by atoms with E-state index in [1.54, 1.807) is 6.08 Å². The van der Waals surface area contributed by atoms with Crippen molar-refractivity contribution in [2.24, 2.45) is 0 Å². The summed E-state index contributed by atoms with van der Waals surface area (Å²) in [7, 11) is 0. The highest BCUT2D eigenvalue weighted by Gasteiger charge is 2.19.